The first-order valence-electron chi connectivity index (χ1n) is 5.39. The Kier molecular flexibility index (Phi) is 3.85. The van der Waals surface area contributed by atoms with Crippen molar-refractivity contribution in [1.82, 2.24) is 0 Å². The molecule has 2 aromatic carbocycles. The smallest absolute Gasteiger partial charge is 0.340 e. The van der Waals surface area contributed by atoms with Gasteiger partial charge in [0.05, 0.1) is 12.7 Å². The van der Waals surface area contributed by atoms with Crippen LogP contribution in [-0.2, 0) is 4.74 Å². The van der Waals surface area contributed by atoms with Crippen LogP contribution in [-0.4, -0.2) is 18.2 Å². The Balaban J connectivity index is 2.54. The number of carbonyl (C=O) groups is 1. The lowest BCUT2D eigenvalue weighted by atomic mass is 10.0. The van der Waals surface area contributed by atoms with E-state index in [1.54, 1.807) is 6.07 Å². The SMILES string of the molecule is COC(=O)c1cc(-c2cc(O)cc(Br)c2)ccc1F. The summed E-state index contributed by atoms with van der Waals surface area (Å²) in [4.78, 5) is 11.4. The lowest BCUT2D eigenvalue weighted by Crippen LogP contribution is -2.04. The summed E-state index contributed by atoms with van der Waals surface area (Å²) in [6.45, 7) is 0. The van der Waals surface area contributed by atoms with Gasteiger partial charge in [0.1, 0.15) is 11.6 Å². The molecule has 19 heavy (non-hydrogen) atoms. The number of phenols is 1. The van der Waals surface area contributed by atoms with Gasteiger partial charge in [0, 0.05) is 4.47 Å². The highest BCUT2D eigenvalue weighted by atomic mass is 79.9. The summed E-state index contributed by atoms with van der Waals surface area (Å²) in [6, 6.07) is 8.94. The Morgan fingerprint density at radius 3 is 2.58 bits per heavy atom. The van der Waals surface area contributed by atoms with Crippen molar-refractivity contribution >= 4 is 21.9 Å². The lowest BCUT2D eigenvalue weighted by Gasteiger charge is -2.07. The Bertz CT molecular complexity index is 620. The highest BCUT2D eigenvalue weighted by molar-refractivity contribution is 9.10. The molecule has 0 aromatic heterocycles. The fourth-order valence-electron chi connectivity index (χ4n) is 1.71. The van der Waals surface area contributed by atoms with Gasteiger partial charge in [-0.2, -0.15) is 0 Å². The van der Waals surface area contributed by atoms with Crippen LogP contribution in [0.2, 0.25) is 0 Å². The molecule has 3 nitrogen and oxygen atoms in total. The molecule has 2 rings (SSSR count). The minimum atomic E-state index is -0.737. The number of carbonyl (C=O) groups excluding carboxylic acids is 1. The number of methoxy groups -OCH3 is 1. The van der Waals surface area contributed by atoms with Crippen LogP contribution >= 0.6 is 15.9 Å². The zero-order chi connectivity index (χ0) is 14.0. The molecule has 0 atom stereocenters. The zero-order valence-electron chi connectivity index (χ0n) is 9.98. The molecule has 0 heterocycles. The molecule has 0 amide bonds. The van der Waals surface area contributed by atoms with Crippen molar-refractivity contribution in [3.05, 3.63) is 52.3 Å². The molecule has 98 valence electrons. The van der Waals surface area contributed by atoms with E-state index in [0.29, 0.717) is 15.6 Å². The maximum atomic E-state index is 13.5. The van der Waals surface area contributed by atoms with Crippen molar-refractivity contribution in [2.75, 3.05) is 7.11 Å². The average Bonchev–Trinajstić information content (AvgIpc) is 2.37. The average molecular weight is 325 g/mol. The minimum absolute atomic E-state index is 0.0771. The Morgan fingerprint density at radius 1 is 1.21 bits per heavy atom. The zero-order valence-corrected chi connectivity index (χ0v) is 11.6. The van der Waals surface area contributed by atoms with E-state index < -0.39 is 11.8 Å². The first-order chi connectivity index (χ1) is 9.01. The van der Waals surface area contributed by atoms with Crippen molar-refractivity contribution in [3.8, 4) is 16.9 Å². The number of esters is 1. The van der Waals surface area contributed by atoms with Crippen LogP contribution < -0.4 is 0 Å². The number of hydrogen-bond donors (Lipinski definition) is 1. The molecule has 0 bridgehead atoms. The van der Waals surface area contributed by atoms with Gasteiger partial charge in [-0.25, -0.2) is 9.18 Å². The van der Waals surface area contributed by atoms with E-state index in [2.05, 4.69) is 20.7 Å². The Labute approximate surface area is 117 Å². The lowest BCUT2D eigenvalue weighted by molar-refractivity contribution is 0.0595. The second-order valence-corrected chi connectivity index (χ2v) is 4.80. The summed E-state index contributed by atoms with van der Waals surface area (Å²) in [6.07, 6.45) is 0. The van der Waals surface area contributed by atoms with E-state index in [0.717, 1.165) is 0 Å². The van der Waals surface area contributed by atoms with E-state index >= 15 is 0 Å². The minimum Gasteiger partial charge on any atom is -0.508 e. The van der Waals surface area contributed by atoms with Gasteiger partial charge >= 0.3 is 5.97 Å². The number of benzene rings is 2. The quantitative estimate of drug-likeness (QED) is 0.856. The molecule has 0 aliphatic rings. The van der Waals surface area contributed by atoms with Crippen LogP contribution in [0.4, 0.5) is 4.39 Å². The molecule has 5 heteroatoms. The maximum absolute atomic E-state index is 13.5. The normalized spacial score (nSPS) is 10.3. The van der Waals surface area contributed by atoms with Crippen molar-refractivity contribution in [1.29, 1.82) is 0 Å². The van der Waals surface area contributed by atoms with E-state index in [-0.39, 0.29) is 11.3 Å². The van der Waals surface area contributed by atoms with Crippen LogP contribution in [0.25, 0.3) is 11.1 Å². The summed E-state index contributed by atoms with van der Waals surface area (Å²) in [5, 5.41) is 9.54. The van der Waals surface area contributed by atoms with Gasteiger partial charge < -0.3 is 9.84 Å². The molecule has 0 fully saturated rings. The number of phenolic OH excluding ortho intramolecular Hbond substituents is 1. The van der Waals surface area contributed by atoms with Crippen LogP contribution in [0, 0.1) is 5.82 Å². The molecular weight excluding hydrogens is 315 g/mol. The topological polar surface area (TPSA) is 46.5 Å². The van der Waals surface area contributed by atoms with E-state index in [1.165, 1.54) is 37.4 Å². The molecule has 0 spiro atoms. The van der Waals surface area contributed by atoms with Gasteiger partial charge in [0.25, 0.3) is 0 Å². The van der Waals surface area contributed by atoms with Crippen LogP contribution in [0.15, 0.2) is 40.9 Å². The number of hydrogen-bond acceptors (Lipinski definition) is 3. The predicted molar refractivity (Wildman–Crippen MR) is 72.5 cm³/mol. The third-order valence-electron chi connectivity index (χ3n) is 2.59. The Morgan fingerprint density at radius 2 is 1.95 bits per heavy atom. The standard InChI is InChI=1S/C14H10BrFO3/c1-19-14(18)12-6-8(2-3-13(12)16)9-4-10(15)7-11(17)5-9/h2-7,17H,1H3. The second-order valence-electron chi connectivity index (χ2n) is 3.88. The summed E-state index contributed by atoms with van der Waals surface area (Å²) in [7, 11) is 1.19. The van der Waals surface area contributed by atoms with Crippen LogP contribution in [0.5, 0.6) is 5.75 Å². The summed E-state index contributed by atoms with van der Waals surface area (Å²) < 4.78 is 18.7. The largest absolute Gasteiger partial charge is 0.508 e. The molecule has 0 aliphatic heterocycles. The molecule has 0 saturated heterocycles. The highest BCUT2D eigenvalue weighted by Gasteiger charge is 2.13. The fourth-order valence-corrected chi connectivity index (χ4v) is 2.19. The summed E-state index contributed by atoms with van der Waals surface area (Å²) in [5.41, 5.74) is 1.13. The molecular formula is C14H10BrFO3. The fraction of sp³-hybridized carbons (Fsp3) is 0.0714. The van der Waals surface area contributed by atoms with Gasteiger partial charge in [-0.15, -0.1) is 0 Å². The van der Waals surface area contributed by atoms with Gasteiger partial charge in [0.15, 0.2) is 0 Å². The number of halogens is 2. The summed E-state index contributed by atoms with van der Waals surface area (Å²) in [5.74, 6) is -1.30. The molecule has 0 unspecified atom stereocenters. The molecule has 0 radical (unpaired) electrons. The third-order valence-corrected chi connectivity index (χ3v) is 3.05. The van der Waals surface area contributed by atoms with E-state index in [9.17, 15) is 14.3 Å². The predicted octanol–water partition coefficient (Wildman–Crippen LogP) is 3.75. The molecule has 1 N–H and O–H groups in total. The molecule has 0 aliphatic carbocycles. The number of rotatable bonds is 2. The van der Waals surface area contributed by atoms with Crippen LogP contribution in [0.1, 0.15) is 10.4 Å². The monoisotopic (exact) mass is 324 g/mol. The van der Waals surface area contributed by atoms with Crippen LogP contribution in [0.3, 0.4) is 0 Å². The Hall–Kier alpha value is -1.88. The van der Waals surface area contributed by atoms with E-state index in [4.69, 9.17) is 0 Å². The maximum Gasteiger partial charge on any atom is 0.340 e. The highest BCUT2D eigenvalue weighted by Crippen LogP contribution is 2.29. The van der Waals surface area contributed by atoms with Crippen molar-refractivity contribution < 1.29 is 19.0 Å². The first kappa shape index (κ1) is 13.5. The van der Waals surface area contributed by atoms with Gasteiger partial charge in [0.2, 0.25) is 0 Å². The van der Waals surface area contributed by atoms with Gasteiger partial charge in [-0.3, -0.25) is 0 Å². The second kappa shape index (κ2) is 5.40. The van der Waals surface area contributed by atoms with Crippen molar-refractivity contribution in [2.24, 2.45) is 0 Å². The summed E-state index contributed by atoms with van der Waals surface area (Å²) >= 11 is 3.26. The molecule has 0 saturated carbocycles. The number of aromatic hydroxyl groups is 1. The third kappa shape index (κ3) is 2.93. The number of ether oxygens (including phenoxy) is 1. The molecule has 2 aromatic rings. The van der Waals surface area contributed by atoms with Gasteiger partial charge in [-0.05, 0) is 41.5 Å². The van der Waals surface area contributed by atoms with Crippen molar-refractivity contribution in [2.45, 2.75) is 0 Å². The van der Waals surface area contributed by atoms with Gasteiger partial charge in [-0.1, -0.05) is 22.0 Å². The van der Waals surface area contributed by atoms with Crippen molar-refractivity contribution in [3.63, 3.8) is 0 Å². The van der Waals surface area contributed by atoms with E-state index in [1.807, 2.05) is 0 Å². The first-order valence-corrected chi connectivity index (χ1v) is 6.18.